The average Bonchev–Trinajstić information content (AvgIpc) is 3.15. The molecule has 26 heavy (non-hydrogen) atoms. The SMILES string of the molecule is O=C(/C=C\c1ccc([N+](=O)[O-])cc1)NCc1cc(-c2ccccc2)on1. The number of rotatable bonds is 6. The summed E-state index contributed by atoms with van der Waals surface area (Å²) in [5.41, 5.74) is 2.22. The van der Waals surface area contributed by atoms with Gasteiger partial charge in [0, 0.05) is 29.8 Å². The van der Waals surface area contributed by atoms with E-state index in [0.717, 1.165) is 5.56 Å². The second kappa shape index (κ2) is 7.89. The van der Waals surface area contributed by atoms with Crippen LogP contribution in [0.2, 0.25) is 0 Å². The van der Waals surface area contributed by atoms with Crippen molar-refractivity contribution in [3.05, 3.63) is 88.1 Å². The highest BCUT2D eigenvalue weighted by atomic mass is 16.6. The van der Waals surface area contributed by atoms with Gasteiger partial charge in [0.2, 0.25) is 5.91 Å². The zero-order valence-corrected chi connectivity index (χ0v) is 13.7. The summed E-state index contributed by atoms with van der Waals surface area (Å²) in [6, 6.07) is 17.2. The predicted molar refractivity (Wildman–Crippen MR) is 95.9 cm³/mol. The Morgan fingerprint density at radius 2 is 1.88 bits per heavy atom. The third kappa shape index (κ3) is 4.41. The fourth-order valence-electron chi connectivity index (χ4n) is 2.25. The van der Waals surface area contributed by atoms with Crippen LogP contribution in [0.4, 0.5) is 5.69 Å². The topological polar surface area (TPSA) is 98.3 Å². The summed E-state index contributed by atoms with van der Waals surface area (Å²) >= 11 is 0. The molecule has 3 rings (SSSR count). The van der Waals surface area contributed by atoms with E-state index in [0.29, 0.717) is 17.0 Å². The van der Waals surface area contributed by atoms with Gasteiger partial charge in [0.1, 0.15) is 5.69 Å². The van der Waals surface area contributed by atoms with Crippen LogP contribution in [0, 0.1) is 10.1 Å². The normalized spacial score (nSPS) is 10.8. The first-order valence-electron chi connectivity index (χ1n) is 7.83. The van der Waals surface area contributed by atoms with Gasteiger partial charge in [0.15, 0.2) is 5.76 Å². The quantitative estimate of drug-likeness (QED) is 0.417. The Labute approximate surface area is 149 Å². The molecule has 0 saturated heterocycles. The first-order valence-corrected chi connectivity index (χ1v) is 7.83. The molecule has 0 fully saturated rings. The van der Waals surface area contributed by atoms with E-state index in [1.54, 1.807) is 24.3 Å². The van der Waals surface area contributed by atoms with E-state index in [-0.39, 0.29) is 18.1 Å². The maximum absolute atomic E-state index is 11.9. The van der Waals surface area contributed by atoms with E-state index >= 15 is 0 Å². The molecule has 1 N–H and O–H groups in total. The molecule has 0 spiro atoms. The van der Waals surface area contributed by atoms with Crippen LogP contribution in [-0.2, 0) is 11.3 Å². The van der Waals surface area contributed by atoms with Gasteiger partial charge in [0.25, 0.3) is 5.69 Å². The van der Waals surface area contributed by atoms with Crippen molar-refractivity contribution >= 4 is 17.7 Å². The molecular weight excluding hydrogens is 334 g/mol. The van der Waals surface area contributed by atoms with Gasteiger partial charge in [-0.2, -0.15) is 0 Å². The number of carbonyl (C=O) groups is 1. The Kier molecular flexibility index (Phi) is 5.19. The smallest absolute Gasteiger partial charge is 0.269 e. The number of hydrogen-bond donors (Lipinski definition) is 1. The van der Waals surface area contributed by atoms with E-state index in [1.165, 1.54) is 18.2 Å². The van der Waals surface area contributed by atoms with E-state index in [9.17, 15) is 14.9 Å². The van der Waals surface area contributed by atoms with E-state index in [1.807, 2.05) is 30.3 Å². The first kappa shape index (κ1) is 17.1. The van der Waals surface area contributed by atoms with Gasteiger partial charge in [-0.25, -0.2) is 0 Å². The van der Waals surface area contributed by atoms with Crippen molar-refractivity contribution in [2.75, 3.05) is 0 Å². The molecule has 130 valence electrons. The van der Waals surface area contributed by atoms with Gasteiger partial charge in [-0.3, -0.25) is 14.9 Å². The van der Waals surface area contributed by atoms with Crippen molar-refractivity contribution in [3.8, 4) is 11.3 Å². The van der Waals surface area contributed by atoms with Crippen LogP contribution in [0.1, 0.15) is 11.3 Å². The Hall–Kier alpha value is -3.74. The van der Waals surface area contributed by atoms with Crippen molar-refractivity contribution in [1.29, 1.82) is 0 Å². The molecule has 1 heterocycles. The lowest BCUT2D eigenvalue weighted by Crippen LogP contribution is -2.20. The minimum Gasteiger partial charge on any atom is -0.356 e. The van der Waals surface area contributed by atoms with E-state index < -0.39 is 4.92 Å². The van der Waals surface area contributed by atoms with Gasteiger partial charge >= 0.3 is 0 Å². The minimum absolute atomic E-state index is 0.00635. The van der Waals surface area contributed by atoms with Crippen LogP contribution >= 0.6 is 0 Å². The number of non-ortho nitro benzene ring substituents is 1. The highest BCUT2D eigenvalue weighted by Crippen LogP contribution is 2.19. The summed E-state index contributed by atoms with van der Waals surface area (Å²) in [4.78, 5) is 22.0. The van der Waals surface area contributed by atoms with Crippen molar-refractivity contribution in [3.63, 3.8) is 0 Å². The van der Waals surface area contributed by atoms with Crippen LogP contribution in [0.3, 0.4) is 0 Å². The van der Waals surface area contributed by atoms with Crippen LogP contribution < -0.4 is 5.32 Å². The number of benzene rings is 2. The van der Waals surface area contributed by atoms with Crippen LogP contribution in [0.25, 0.3) is 17.4 Å². The van der Waals surface area contributed by atoms with Crippen molar-refractivity contribution in [2.24, 2.45) is 0 Å². The van der Waals surface area contributed by atoms with Crippen LogP contribution in [0.15, 0.2) is 71.3 Å². The number of nitro groups is 1. The largest absolute Gasteiger partial charge is 0.356 e. The minimum atomic E-state index is -0.470. The Morgan fingerprint density at radius 1 is 1.15 bits per heavy atom. The molecular formula is C19H15N3O4. The molecule has 0 bridgehead atoms. The third-order valence-electron chi connectivity index (χ3n) is 3.59. The van der Waals surface area contributed by atoms with Crippen LogP contribution in [-0.4, -0.2) is 16.0 Å². The van der Waals surface area contributed by atoms with Crippen molar-refractivity contribution in [2.45, 2.75) is 6.54 Å². The van der Waals surface area contributed by atoms with Gasteiger partial charge in [-0.15, -0.1) is 0 Å². The molecule has 7 heteroatoms. The van der Waals surface area contributed by atoms with Crippen molar-refractivity contribution in [1.82, 2.24) is 10.5 Å². The number of amides is 1. The second-order valence-corrected chi connectivity index (χ2v) is 5.45. The second-order valence-electron chi connectivity index (χ2n) is 5.45. The number of carbonyl (C=O) groups excluding carboxylic acids is 1. The summed E-state index contributed by atoms with van der Waals surface area (Å²) < 4.78 is 5.27. The summed E-state index contributed by atoms with van der Waals surface area (Å²) in [6.07, 6.45) is 2.94. The highest BCUT2D eigenvalue weighted by molar-refractivity contribution is 5.91. The zero-order valence-electron chi connectivity index (χ0n) is 13.7. The highest BCUT2D eigenvalue weighted by Gasteiger charge is 2.07. The predicted octanol–water partition coefficient (Wildman–Crippen LogP) is 3.58. The fourth-order valence-corrected chi connectivity index (χ4v) is 2.25. The average molecular weight is 349 g/mol. The Balaban J connectivity index is 1.54. The van der Waals surface area contributed by atoms with E-state index in [2.05, 4.69) is 10.5 Å². The molecule has 3 aromatic rings. The van der Waals surface area contributed by atoms with Gasteiger partial charge in [0.05, 0.1) is 11.5 Å². The molecule has 0 atom stereocenters. The first-order chi connectivity index (χ1) is 12.6. The number of hydrogen-bond acceptors (Lipinski definition) is 5. The molecule has 1 aromatic heterocycles. The Morgan fingerprint density at radius 3 is 2.58 bits per heavy atom. The monoisotopic (exact) mass is 349 g/mol. The summed E-state index contributed by atoms with van der Waals surface area (Å²) in [7, 11) is 0. The molecule has 0 aliphatic heterocycles. The summed E-state index contributed by atoms with van der Waals surface area (Å²) in [5.74, 6) is 0.337. The number of aromatic nitrogens is 1. The molecule has 0 radical (unpaired) electrons. The molecule has 0 saturated carbocycles. The molecule has 7 nitrogen and oxygen atoms in total. The molecule has 1 amide bonds. The lowest BCUT2D eigenvalue weighted by atomic mass is 10.1. The van der Waals surface area contributed by atoms with Gasteiger partial charge in [-0.05, 0) is 23.8 Å². The maximum Gasteiger partial charge on any atom is 0.269 e. The lowest BCUT2D eigenvalue weighted by Gasteiger charge is -1.98. The van der Waals surface area contributed by atoms with Crippen molar-refractivity contribution < 1.29 is 14.2 Å². The zero-order chi connectivity index (χ0) is 18.4. The molecule has 0 aliphatic rings. The van der Waals surface area contributed by atoms with Gasteiger partial charge in [-0.1, -0.05) is 35.5 Å². The van der Waals surface area contributed by atoms with E-state index in [4.69, 9.17) is 4.52 Å². The number of nitro benzene ring substituents is 1. The fraction of sp³-hybridized carbons (Fsp3) is 0.0526. The Bertz CT molecular complexity index is 931. The van der Waals surface area contributed by atoms with Crippen LogP contribution in [0.5, 0.6) is 0 Å². The summed E-state index contributed by atoms with van der Waals surface area (Å²) in [6.45, 7) is 0.236. The molecule has 0 unspecified atom stereocenters. The molecule has 0 aliphatic carbocycles. The number of nitrogens with one attached hydrogen (secondary N) is 1. The lowest BCUT2D eigenvalue weighted by molar-refractivity contribution is -0.384. The van der Waals surface area contributed by atoms with Gasteiger partial charge < -0.3 is 9.84 Å². The number of nitrogens with zero attached hydrogens (tertiary/aromatic N) is 2. The standard InChI is InChI=1S/C19H15N3O4/c23-19(11-8-14-6-9-17(10-7-14)22(24)25)20-13-16-12-18(26-21-16)15-4-2-1-3-5-15/h1-12H,13H2,(H,20,23)/b11-8-. The summed E-state index contributed by atoms with van der Waals surface area (Å²) in [5, 5.41) is 17.2. The third-order valence-corrected chi connectivity index (χ3v) is 3.59. The maximum atomic E-state index is 11.9. The molecule has 2 aromatic carbocycles.